The fraction of sp³-hybridized carbons (Fsp3) is 0.500. The average Bonchev–Trinajstić information content (AvgIpc) is 2.37. The van der Waals surface area contributed by atoms with Gasteiger partial charge in [0.15, 0.2) is 0 Å². The van der Waals surface area contributed by atoms with Crippen molar-refractivity contribution in [3.63, 3.8) is 0 Å². The van der Waals surface area contributed by atoms with E-state index >= 15 is 0 Å². The molecule has 0 spiro atoms. The molecule has 3 heteroatoms. The second kappa shape index (κ2) is 5.56. The lowest BCUT2D eigenvalue weighted by Gasteiger charge is -2.34. The lowest BCUT2D eigenvalue weighted by molar-refractivity contribution is 0.282. The maximum Gasteiger partial charge on any atom is 0.0702 e. The molecular weight excluding hydrogens is 258 g/mol. The van der Waals surface area contributed by atoms with Crippen molar-refractivity contribution in [3.8, 4) is 0 Å². The van der Waals surface area contributed by atoms with Crippen molar-refractivity contribution in [2.24, 2.45) is 5.41 Å². The molecule has 1 aliphatic rings. The van der Waals surface area contributed by atoms with Crippen LogP contribution in [-0.4, -0.2) is 18.2 Å². The van der Waals surface area contributed by atoms with E-state index in [2.05, 4.69) is 31.7 Å². The third kappa shape index (κ3) is 3.31. The van der Waals surface area contributed by atoms with E-state index in [4.69, 9.17) is 11.6 Å². The molecule has 1 aromatic carbocycles. The number of anilines is 1. The smallest absolute Gasteiger partial charge is 0.0702 e. The molecule has 1 aromatic rings. The predicted molar refractivity (Wildman–Crippen MR) is 81.7 cm³/mol. The summed E-state index contributed by atoms with van der Waals surface area (Å²) in [5, 5.41) is 10.1. The highest BCUT2D eigenvalue weighted by molar-refractivity contribution is 6.30. The lowest BCUT2D eigenvalue weighted by Crippen LogP contribution is -2.31. The minimum Gasteiger partial charge on any atom is -0.392 e. The molecular formula is C16H22ClNO. The molecule has 0 radical (unpaired) electrons. The molecule has 0 amide bonds. The van der Waals surface area contributed by atoms with Crippen LogP contribution in [0.5, 0.6) is 0 Å². The standard InChI is InChI=1S/C16H22ClNO/c1-16(2,3)13-6-8-18(9-7-13)15-5-4-14(17)10-12(15)11-19/h4-6,10,19H,7-9,11H2,1-3H3. The normalized spacial score (nSPS) is 16.5. The number of aliphatic hydroxyl groups excluding tert-OH is 1. The van der Waals surface area contributed by atoms with Gasteiger partial charge in [0.1, 0.15) is 0 Å². The van der Waals surface area contributed by atoms with Gasteiger partial charge in [0.05, 0.1) is 6.61 Å². The molecule has 1 heterocycles. The lowest BCUT2D eigenvalue weighted by atomic mass is 9.83. The van der Waals surface area contributed by atoms with Crippen molar-refractivity contribution in [2.75, 3.05) is 18.0 Å². The van der Waals surface area contributed by atoms with E-state index in [0.29, 0.717) is 5.02 Å². The van der Waals surface area contributed by atoms with Crippen LogP contribution in [0.1, 0.15) is 32.8 Å². The van der Waals surface area contributed by atoms with Gasteiger partial charge in [0.2, 0.25) is 0 Å². The van der Waals surface area contributed by atoms with Gasteiger partial charge in [0.25, 0.3) is 0 Å². The third-order valence-corrected chi connectivity index (χ3v) is 3.96. The van der Waals surface area contributed by atoms with Gasteiger partial charge >= 0.3 is 0 Å². The van der Waals surface area contributed by atoms with Gasteiger partial charge in [-0.15, -0.1) is 0 Å². The zero-order valence-electron chi connectivity index (χ0n) is 11.9. The zero-order chi connectivity index (χ0) is 14.0. The summed E-state index contributed by atoms with van der Waals surface area (Å²) in [6.45, 7) is 8.71. The highest BCUT2D eigenvalue weighted by atomic mass is 35.5. The summed E-state index contributed by atoms with van der Waals surface area (Å²) in [4.78, 5) is 2.30. The largest absolute Gasteiger partial charge is 0.392 e. The summed E-state index contributed by atoms with van der Waals surface area (Å²) >= 11 is 5.98. The number of hydrogen-bond acceptors (Lipinski definition) is 2. The predicted octanol–water partition coefficient (Wildman–Crippen LogP) is 4.01. The highest BCUT2D eigenvalue weighted by Gasteiger charge is 2.22. The number of benzene rings is 1. The van der Waals surface area contributed by atoms with E-state index < -0.39 is 0 Å². The van der Waals surface area contributed by atoms with Crippen LogP contribution >= 0.6 is 11.6 Å². The average molecular weight is 280 g/mol. The molecule has 2 rings (SSSR count). The van der Waals surface area contributed by atoms with Crippen LogP contribution in [0.3, 0.4) is 0 Å². The number of rotatable bonds is 2. The zero-order valence-corrected chi connectivity index (χ0v) is 12.7. The SMILES string of the molecule is CC(C)(C)C1=CCN(c2ccc(Cl)cc2CO)CC1. The number of halogens is 1. The minimum absolute atomic E-state index is 0.0300. The molecule has 0 unspecified atom stereocenters. The molecule has 0 saturated carbocycles. The molecule has 104 valence electrons. The molecule has 0 aromatic heterocycles. The topological polar surface area (TPSA) is 23.5 Å². The van der Waals surface area contributed by atoms with E-state index in [9.17, 15) is 5.11 Å². The van der Waals surface area contributed by atoms with Gasteiger partial charge in [-0.1, -0.05) is 44.0 Å². The van der Waals surface area contributed by atoms with E-state index in [1.165, 1.54) is 5.57 Å². The fourth-order valence-corrected chi connectivity index (χ4v) is 2.75. The van der Waals surface area contributed by atoms with Crippen LogP contribution in [0.4, 0.5) is 5.69 Å². The Hall–Kier alpha value is -0.990. The maximum absolute atomic E-state index is 9.45. The fourth-order valence-electron chi connectivity index (χ4n) is 2.56. The minimum atomic E-state index is 0.0300. The van der Waals surface area contributed by atoms with Gasteiger partial charge < -0.3 is 10.0 Å². The Kier molecular flexibility index (Phi) is 4.22. The van der Waals surface area contributed by atoms with Gasteiger partial charge in [-0.05, 0) is 30.0 Å². The first kappa shape index (κ1) is 14.4. The first-order chi connectivity index (χ1) is 8.91. The number of nitrogens with zero attached hydrogens (tertiary/aromatic N) is 1. The van der Waals surface area contributed by atoms with Crippen molar-refractivity contribution in [2.45, 2.75) is 33.8 Å². The molecule has 0 atom stereocenters. The Morgan fingerprint density at radius 1 is 1.32 bits per heavy atom. The van der Waals surface area contributed by atoms with Crippen LogP contribution in [0.2, 0.25) is 5.02 Å². The van der Waals surface area contributed by atoms with E-state index in [0.717, 1.165) is 30.8 Å². The van der Waals surface area contributed by atoms with E-state index in [1.54, 1.807) is 0 Å². The quantitative estimate of drug-likeness (QED) is 0.827. The Balaban J connectivity index is 2.20. The summed E-state index contributed by atoms with van der Waals surface area (Å²) in [5.41, 5.74) is 3.77. The Labute approximate surface area is 120 Å². The Morgan fingerprint density at radius 3 is 2.58 bits per heavy atom. The van der Waals surface area contributed by atoms with Crippen LogP contribution in [-0.2, 0) is 6.61 Å². The van der Waals surface area contributed by atoms with Crippen LogP contribution in [0.15, 0.2) is 29.8 Å². The number of hydrogen-bond donors (Lipinski definition) is 1. The molecule has 0 fully saturated rings. The molecule has 2 nitrogen and oxygen atoms in total. The van der Waals surface area contributed by atoms with Crippen molar-refractivity contribution in [1.82, 2.24) is 0 Å². The summed E-state index contributed by atoms with van der Waals surface area (Å²) in [6.07, 6.45) is 3.40. The van der Waals surface area contributed by atoms with Crippen molar-refractivity contribution >= 4 is 17.3 Å². The second-order valence-corrected chi connectivity index (χ2v) is 6.54. The summed E-state index contributed by atoms with van der Waals surface area (Å²) < 4.78 is 0. The summed E-state index contributed by atoms with van der Waals surface area (Å²) in [6, 6.07) is 5.74. The van der Waals surface area contributed by atoms with E-state index in [-0.39, 0.29) is 12.0 Å². The molecule has 0 bridgehead atoms. The monoisotopic (exact) mass is 279 g/mol. The van der Waals surface area contributed by atoms with Gasteiger partial charge in [-0.2, -0.15) is 0 Å². The van der Waals surface area contributed by atoms with Crippen molar-refractivity contribution in [1.29, 1.82) is 0 Å². The van der Waals surface area contributed by atoms with Crippen molar-refractivity contribution in [3.05, 3.63) is 40.4 Å². The van der Waals surface area contributed by atoms with Gasteiger partial charge in [-0.25, -0.2) is 0 Å². The van der Waals surface area contributed by atoms with Gasteiger partial charge in [-0.3, -0.25) is 0 Å². The summed E-state index contributed by atoms with van der Waals surface area (Å²) in [5.74, 6) is 0. The van der Waals surface area contributed by atoms with Gasteiger partial charge in [0, 0.05) is 29.4 Å². The molecule has 1 aliphatic heterocycles. The van der Waals surface area contributed by atoms with Crippen LogP contribution in [0.25, 0.3) is 0 Å². The molecule has 0 aliphatic carbocycles. The molecule has 1 N–H and O–H groups in total. The Morgan fingerprint density at radius 2 is 2.05 bits per heavy atom. The molecule has 19 heavy (non-hydrogen) atoms. The maximum atomic E-state index is 9.45. The number of aliphatic hydroxyl groups is 1. The highest BCUT2D eigenvalue weighted by Crippen LogP contribution is 2.33. The second-order valence-electron chi connectivity index (χ2n) is 6.11. The van der Waals surface area contributed by atoms with Crippen molar-refractivity contribution < 1.29 is 5.11 Å². The Bertz CT molecular complexity index is 488. The first-order valence-corrected chi connectivity index (χ1v) is 7.13. The third-order valence-electron chi connectivity index (χ3n) is 3.73. The van der Waals surface area contributed by atoms with E-state index in [1.807, 2.05) is 18.2 Å². The first-order valence-electron chi connectivity index (χ1n) is 6.75. The summed E-state index contributed by atoms with van der Waals surface area (Å²) in [7, 11) is 0. The van der Waals surface area contributed by atoms with Crippen LogP contribution in [0, 0.1) is 5.41 Å². The molecule has 0 saturated heterocycles. The van der Waals surface area contributed by atoms with Crippen LogP contribution < -0.4 is 4.90 Å².